The largest absolute Gasteiger partial charge is 0.395 e. The summed E-state index contributed by atoms with van der Waals surface area (Å²) in [5.41, 5.74) is 6.45. The number of nitrogen functional groups attached to an aromatic ring is 1. The van der Waals surface area contributed by atoms with Crippen LogP contribution in [0.15, 0.2) is 34.3 Å². The molecular formula is C10H9Cl2N3S. The second-order valence-electron chi connectivity index (χ2n) is 3.24. The Bertz CT molecular complexity index is 525. The Morgan fingerprint density at radius 2 is 2.06 bits per heavy atom. The predicted molar refractivity (Wildman–Crippen MR) is 68.2 cm³/mol. The van der Waals surface area contributed by atoms with Crippen LogP contribution in [-0.2, 0) is 7.05 Å². The predicted octanol–water partition coefficient (Wildman–Crippen LogP) is 3.46. The zero-order valence-corrected chi connectivity index (χ0v) is 10.8. The van der Waals surface area contributed by atoms with E-state index >= 15 is 0 Å². The van der Waals surface area contributed by atoms with Gasteiger partial charge in [-0.1, -0.05) is 35.0 Å². The summed E-state index contributed by atoms with van der Waals surface area (Å²) in [7, 11) is 1.83. The van der Waals surface area contributed by atoms with Gasteiger partial charge in [-0.15, -0.1) is 0 Å². The van der Waals surface area contributed by atoms with Crippen molar-refractivity contribution in [2.24, 2.45) is 7.05 Å². The third kappa shape index (κ3) is 2.45. The maximum Gasteiger partial charge on any atom is 0.146 e. The van der Waals surface area contributed by atoms with E-state index in [4.69, 9.17) is 28.9 Å². The summed E-state index contributed by atoms with van der Waals surface area (Å²) in [6, 6.07) is 5.43. The number of aryl methyl sites for hydroxylation is 1. The lowest BCUT2D eigenvalue weighted by atomic mass is 10.4. The minimum Gasteiger partial charge on any atom is -0.395 e. The number of hydrogen-bond acceptors (Lipinski definition) is 3. The van der Waals surface area contributed by atoms with Crippen LogP contribution in [0.4, 0.5) is 5.69 Å². The monoisotopic (exact) mass is 273 g/mol. The van der Waals surface area contributed by atoms with Gasteiger partial charge in [0.1, 0.15) is 5.03 Å². The quantitative estimate of drug-likeness (QED) is 0.912. The van der Waals surface area contributed by atoms with Crippen LogP contribution in [0.2, 0.25) is 10.0 Å². The van der Waals surface area contributed by atoms with Crippen molar-refractivity contribution in [2.75, 3.05) is 5.73 Å². The van der Waals surface area contributed by atoms with E-state index in [1.807, 2.05) is 13.1 Å². The summed E-state index contributed by atoms with van der Waals surface area (Å²) in [6.45, 7) is 0. The number of anilines is 1. The minimum absolute atomic E-state index is 0.529. The molecule has 0 saturated carbocycles. The van der Waals surface area contributed by atoms with Crippen LogP contribution in [0.5, 0.6) is 0 Å². The van der Waals surface area contributed by atoms with Crippen molar-refractivity contribution < 1.29 is 0 Å². The first kappa shape index (κ1) is 11.6. The van der Waals surface area contributed by atoms with Gasteiger partial charge in [-0.05, 0) is 18.2 Å². The van der Waals surface area contributed by atoms with E-state index in [-0.39, 0.29) is 0 Å². The van der Waals surface area contributed by atoms with Gasteiger partial charge >= 0.3 is 0 Å². The van der Waals surface area contributed by atoms with E-state index < -0.39 is 0 Å². The van der Waals surface area contributed by atoms with Gasteiger partial charge in [0.05, 0.1) is 15.7 Å². The SMILES string of the molecule is Cn1cc(N)c(Sc2ccc(Cl)c(Cl)c2)n1. The van der Waals surface area contributed by atoms with Crippen LogP contribution in [0.25, 0.3) is 0 Å². The first-order valence-electron chi connectivity index (χ1n) is 4.48. The molecule has 1 aromatic carbocycles. The molecular weight excluding hydrogens is 265 g/mol. The molecule has 0 spiro atoms. The van der Waals surface area contributed by atoms with E-state index in [0.29, 0.717) is 15.7 Å². The van der Waals surface area contributed by atoms with Crippen molar-refractivity contribution in [1.82, 2.24) is 9.78 Å². The number of nitrogens with zero attached hydrogens (tertiary/aromatic N) is 2. The number of nitrogens with two attached hydrogens (primary N) is 1. The molecule has 3 nitrogen and oxygen atoms in total. The summed E-state index contributed by atoms with van der Waals surface area (Å²) in [6.07, 6.45) is 1.76. The molecule has 0 saturated heterocycles. The van der Waals surface area contributed by atoms with Gasteiger partial charge in [0.2, 0.25) is 0 Å². The van der Waals surface area contributed by atoms with E-state index in [1.54, 1.807) is 23.0 Å². The van der Waals surface area contributed by atoms with Gasteiger partial charge in [-0.3, -0.25) is 4.68 Å². The standard InChI is InChI=1S/C10H9Cl2N3S/c1-15-5-9(13)10(14-15)16-6-2-3-7(11)8(12)4-6/h2-5H,13H2,1H3. The van der Waals surface area contributed by atoms with E-state index in [9.17, 15) is 0 Å². The van der Waals surface area contributed by atoms with E-state index in [2.05, 4.69) is 5.10 Å². The van der Waals surface area contributed by atoms with Crippen LogP contribution >= 0.6 is 35.0 Å². The fraction of sp³-hybridized carbons (Fsp3) is 0.100. The minimum atomic E-state index is 0.529. The van der Waals surface area contributed by atoms with Crippen molar-refractivity contribution in [3.8, 4) is 0 Å². The highest BCUT2D eigenvalue weighted by Gasteiger charge is 2.07. The fourth-order valence-corrected chi connectivity index (χ4v) is 2.46. The van der Waals surface area contributed by atoms with Crippen molar-refractivity contribution in [1.29, 1.82) is 0 Å². The summed E-state index contributed by atoms with van der Waals surface area (Å²) in [5.74, 6) is 0. The van der Waals surface area contributed by atoms with Gasteiger partial charge in [0.25, 0.3) is 0 Å². The van der Waals surface area contributed by atoms with Crippen LogP contribution in [0, 0.1) is 0 Å². The molecule has 1 heterocycles. The molecule has 0 bridgehead atoms. The molecule has 1 aromatic heterocycles. The van der Waals surface area contributed by atoms with Gasteiger partial charge in [0, 0.05) is 18.1 Å². The highest BCUT2D eigenvalue weighted by Crippen LogP contribution is 2.33. The highest BCUT2D eigenvalue weighted by molar-refractivity contribution is 7.99. The molecule has 2 N–H and O–H groups in total. The molecule has 0 radical (unpaired) electrons. The molecule has 0 aliphatic heterocycles. The normalized spacial score (nSPS) is 10.7. The number of benzene rings is 1. The molecule has 0 fully saturated rings. The Labute approximate surface area is 108 Å². The Balaban J connectivity index is 2.27. The fourth-order valence-electron chi connectivity index (χ4n) is 1.22. The maximum atomic E-state index is 5.92. The second-order valence-corrected chi connectivity index (χ2v) is 5.12. The molecule has 2 aromatic rings. The molecule has 16 heavy (non-hydrogen) atoms. The Morgan fingerprint density at radius 3 is 2.62 bits per heavy atom. The van der Waals surface area contributed by atoms with Gasteiger partial charge < -0.3 is 5.73 Å². The molecule has 0 amide bonds. The van der Waals surface area contributed by atoms with Crippen LogP contribution < -0.4 is 5.73 Å². The van der Waals surface area contributed by atoms with Crippen molar-refractivity contribution in [3.63, 3.8) is 0 Å². The molecule has 2 rings (SSSR count). The Kier molecular flexibility index (Phi) is 3.33. The molecule has 6 heteroatoms. The Morgan fingerprint density at radius 1 is 1.31 bits per heavy atom. The first-order chi connectivity index (χ1) is 7.56. The number of aromatic nitrogens is 2. The highest BCUT2D eigenvalue weighted by atomic mass is 35.5. The summed E-state index contributed by atoms with van der Waals surface area (Å²) in [5, 5.41) is 6.07. The van der Waals surface area contributed by atoms with E-state index in [1.165, 1.54) is 11.8 Å². The molecule has 84 valence electrons. The summed E-state index contributed by atoms with van der Waals surface area (Å²) < 4.78 is 1.68. The smallest absolute Gasteiger partial charge is 0.146 e. The van der Waals surface area contributed by atoms with Gasteiger partial charge in [-0.25, -0.2) is 0 Å². The molecule has 0 aliphatic carbocycles. The Hall–Kier alpha value is -0.840. The number of hydrogen-bond donors (Lipinski definition) is 1. The van der Waals surface area contributed by atoms with Gasteiger partial charge in [-0.2, -0.15) is 5.10 Å². The summed E-state index contributed by atoms with van der Waals surface area (Å²) in [4.78, 5) is 0.958. The van der Waals surface area contributed by atoms with Crippen LogP contribution in [-0.4, -0.2) is 9.78 Å². The molecule has 0 atom stereocenters. The summed E-state index contributed by atoms with van der Waals surface area (Å²) >= 11 is 13.2. The average molecular weight is 274 g/mol. The lowest BCUT2D eigenvalue weighted by Gasteiger charge is -2.01. The third-order valence-corrected chi connectivity index (χ3v) is 3.67. The van der Waals surface area contributed by atoms with Crippen molar-refractivity contribution >= 4 is 40.7 Å². The lowest BCUT2D eigenvalue weighted by Crippen LogP contribution is -1.86. The zero-order chi connectivity index (χ0) is 11.7. The van der Waals surface area contributed by atoms with E-state index in [0.717, 1.165) is 9.92 Å². The molecule has 0 aliphatic rings. The van der Waals surface area contributed by atoms with Crippen LogP contribution in [0.3, 0.4) is 0 Å². The van der Waals surface area contributed by atoms with Crippen LogP contribution in [0.1, 0.15) is 0 Å². The maximum absolute atomic E-state index is 5.92. The van der Waals surface area contributed by atoms with Crippen molar-refractivity contribution in [3.05, 3.63) is 34.4 Å². The number of rotatable bonds is 2. The topological polar surface area (TPSA) is 43.8 Å². The average Bonchev–Trinajstić information content (AvgIpc) is 2.51. The van der Waals surface area contributed by atoms with Gasteiger partial charge in [0.15, 0.2) is 0 Å². The van der Waals surface area contributed by atoms with Crippen molar-refractivity contribution in [2.45, 2.75) is 9.92 Å². The molecule has 0 unspecified atom stereocenters. The second kappa shape index (κ2) is 4.57. The third-order valence-electron chi connectivity index (χ3n) is 1.93. The first-order valence-corrected chi connectivity index (χ1v) is 6.05. The lowest BCUT2D eigenvalue weighted by molar-refractivity contribution is 0.738. The number of halogens is 2. The zero-order valence-electron chi connectivity index (χ0n) is 8.45.